The number of hydrogen-bond acceptors (Lipinski definition) is 3. The van der Waals surface area contributed by atoms with Gasteiger partial charge < -0.3 is 4.74 Å². The molecule has 0 bridgehead atoms. The van der Waals surface area contributed by atoms with Gasteiger partial charge in [-0.1, -0.05) is 48.0 Å². The molecule has 0 spiro atoms. The molecule has 0 atom stereocenters. The van der Waals surface area contributed by atoms with E-state index in [-0.39, 0.29) is 5.56 Å². The van der Waals surface area contributed by atoms with E-state index in [1.165, 1.54) is 4.68 Å². The molecule has 0 unspecified atom stereocenters. The molecule has 0 saturated heterocycles. The maximum Gasteiger partial charge on any atom is 0.267 e. The van der Waals surface area contributed by atoms with Gasteiger partial charge in [0.1, 0.15) is 5.75 Å². The highest BCUT2D eigenvalue weighted by Crippen LogP contribution is 2.20. The van der Waals surface area contributed by atoms with Gasteiger partial charge in [-0.05, 0) is 19.1 Å². The van der Waals surface area contributed by atoms with Crippen LogP contribution in [-0.2, 0) is 6.54 Å². The maximum absolute atomic E-state index is 12.2. The van der Waals surface area contributed by atoms with E-state index in [0.717, 1.165) is 28.1 Å². The Labute approximate surface area is 135 Å². The minimum absolute atomic E-state index is 0.131. The fourth-order valence-corrected chi connectivity index (χ4v) is 2.52. The van der Waals surface area contributed by atoms with Gasteiger partial charge >= 0.3 is 0 Å². The Kier molecular flexibility index (Phi) is 4.24. The van der Waals surface area contributed by atoms with Gasteiger partial charge in [-0.2, -0.15) is 5.10 Å². The maximum atomic E-state index is 12.2. The van der Waals surface area contributed by atoms with Crippen molar-refractivity contribution in [2.75, 3.05) is 7.11 Å². The number of nitrogens with zero attached hydrogens (tertiary/aromatic N) is 2. The molecule has 3 aromatic rings. The standard InChI is InChI=1S/C19H18N2O2/c1-14-8-10-18(23-2)16(12-14)13-21-19(22)11-9-17(20-21)15-6-4-3-5-7-15/h3-12H,13H2,1-2H3. The first kappa shape index (κ1) is 15.0. The SMILES string of the molecule is COc1ccc(C)cc1Cn1nc(-c2ccccc2)ccc1=O. The number of methoxy groups -OCH3 is 1. The van der Waals surface area contributed by atoms with Crippen LogP contribution in [0.25, 0.3) is 11.3 Å². The quantitative estimate of drug-likeness (QED) is 0.743. The van der Waals surface area contributed by atoms with Gasteiger partial charge in [-0.25, -0.2) is 4.68 Å². The summed E-state index contributed by atoms with van der Waals surface area (Å²) in [6, 6.07) is 19.0. The fourth-order valence-electron chi connectivity index (χ4n) is 2.52. The zero-order valence-electron chi connectivity index (χ0n) is 13.2. The normalized spacial score (nSPS) is 10.5. The molecule has 0 aliphatic rings. The third-order valence-corrected chi connectivity index (χ3v) is 3.69. The van der Waals surface area contributed by atoms with Crippen LogP contribution < -0.4 is 10.3 Å². The number of rotatable bonds is 4. The van der Waals surface area contributed by atoms with Crippen molar-refractivity contribution in [3.63, 3.8) is 0 Å². The first-order chi connectivity index (χ1) is 11.2. The summed E-state index contributed by atoms with van der Waals surface area (Å²) in [5.41, 5.74) is 3.68. The smallest absolute Gasteiger partial charge is 0.267 e. The van der Waals surface area contributed by atoms with Gasteiger partial charge in [0.25, 0.3) is 5.56 Å². The van der Waals surface area contributed by atoms with Crippen LogP contribution in [-0.4, -0.2) is 16.9 Å². The summed E-state index contributed by atoms with van der Waals surface area (Å²) in [7, 11) is 1.63. The van der Waals surface area contributed by atoms with Crippen LogP contribution in [0.15, 0.2) is 65.5 Å². The number of aromatic nitrogens is 2. The molecule has 4 nitrogen and oxygen atoms in total. The Morgan fingerprint density at radius 1 is 1.04 bits per heavy atom. The largest absolute Gasteiger partial charge is 0.496 e. The monoisotopic (exact) mass is 306 g/mol. The van der Waals surface area contributed by atoms with Crippen molar-refractivity contribution in [1.29, 1.82) is 0 Å². The van der Waals surface area contributed by atoms with Gasteiger partial charge in [0.05, 0.1) is 19.3 Å². The molecule has 0 saturated carbocycles. The fraction of sp³-hybridized carbons (Fsp3) is 0.158. The summed E-state index contributed by atoms with van der Waals surface area (Å²) >= 11 is 0. The van der Waals surface area contributed by atoms with Crippen LogP contribution in [0.4, 0.5) is 0 Å². The lowest BCUT2D eigenvalue weighted by Crippen LogP contribution is -2.23. The predicted octanol–water partition coefficient (Wildman–Crippen LogP) is 3.28. The van der Waals surface area contributed by atoms with Gasteiger partial charge in [0, 0.05) is 17.2 Å². The van der Waals surface area contributed by atoms with Gasteiger partial charge in [-0.3, -0.25) is 4.79 Å². The summed E-state index contributed by atoms with van der Waals surface area (Å²) in [5.74, 6) is 0.759. The lowest BCUT2D eigenvalue weighted by atomic mass is 10.1. The number of ether oxygens (including phenoxy) is 1. The van der Waals surface area contributed by atoms with Crippen molar-refractivity contribution in [1.82, 2.24) is 9.78 Å². The molecule has 0 radical (unpaired) electrons. The molecule has 2 aromatic carbocycles. The number of aryl methyl sites for hydroxylation is 1. The van der Waals surface area contributed by atoms with Crippen LogP contribution in [0, 0.1) is 6.92 Å². The lowest BCUT2D eigenvalue weighted by molar-refractivity contribution is 0.406. The Morgan fingerprint density at radius 3 is 2.57 bits per heavy atom. The highest BCUT2D eigenvalue weighted by molar-refractivity contribution is 5.57. The van der Waals surface area contributed by atoms with E-state index in [2.05, 4.69) is 5.10 Å². The predicted molar refractivity (Wildman–Crippen MR) is 90.8 cm³/mol. The molecule has 0 aliphatic heterocycles. The van der Waals surface area contributed by atoms with Crippen LogP contribution in [0.2, 0.25) is 0 Å². The zero-order valence-corrected chi connectivity index (χ0v) is 13.2. The molecule has 23 heavy (non-hydrogen) atoms. The van der Waals surface area contributed by atoms with Crippen molar-refractivity contribution >= 4 is 0 Å². The topological polar surface area (TPSA) is 44.1 Å². The van der Waals surface area contributed by atoms with E-state index >= 15 is 0 Å². The Morgan fingerprint density at radius 2 is 1.83 bits per heavy atom. The average Bonchev–Trinajstić information content (AvgIpc) is 2.58. The molecule has 116 valence electrons. The number of benzene rings is 2. The molecule has 0 fully saturated rings. The van der Waals surface area contributed by atoms with E-state index in [1.54, 1.807) is 19.2 Å². The van der Waals surface area contributed by atoms with E-state index in [1.807, 2.05) is 55.5 Å². The zero-order chi connectivity index (χ0) is 16.2. The van der Waals surface area contributed by atoms with Gasteiger partial charge in [0.2, 0.25) is 0 Å². The van der Waals surface area contributed by atoms with Crippen LogP contribution in [0.1, 0.15) is 11.1 Å². The summed E-state index contributed by atoms with van der Waals surface area (Å²) in [5, 5.41) is 4.49. The van der Waals surface area contributed by atoms with Crippen LogP contribution >= 0.6 is 0 Å². The summed E-state index contributed by atoms with van der Waals surface area (Å²) in [6.07, 6.45) is 0. The Hall–Kier alpha value is -2.88. The minimum atomic E-state index is -0.131. The Bertz CT molecular complexity index is 870. The van der Waals surface area contributed by atoms with Gasteiger partial charge in [-0.15, -0.1) is 0 Å². The van der Waals surface area contributed by atoms with Crippen molar-refractivity contribution in [2.45, 2.75) is 13.5 Å². The number of hydrogen-bond donors (Lipinski definition) is 0. The average molecular weight is 306 g/mol. The molecule has 1 aromatic heterocycles. The Balaban J connectivity index is 2.01. The summed E-state index contributed by atoms with van der Waals surface area (Å²) < 4.78 is 6.86. The van der Waals surface area contributed by atoms with Gasteiger partial charge in [0.15, 0.2) is 0 Å². The first-order valence-corrected chi connectivity index (χ1v) is 7.44. The second kappa shape index (κ2) is 6.48. The van der Waals surface area contributed by atoms with E-state index in [0.29, 0.717) is 6.54 Å². The van der Waals surface area contributed by atoms with E-state index in [9.17, 15) is 4.79 Å². The second-order valence-corrected chi connectivity index (χ2v) is 5.40. The molecule has 3 rings (SSSR count). The third kappa shape index (κ3) is 3.31. The highest BCUT2D eigenvalue weighted by Gasteiger charge is 2.08. The van der Waals surface area contributed by atoms with Crippen molar-refractivity contribution < 1.29 is 4.74 Å². The third-order valence-electron chi connectivity index (χ3n) is 3.69. The molecular weight excluding hydrogens is 288 g/mol. The molecule has 0 aliphatic carbocycles. The van der Waals surface area contributed by atoms with Crippen molar-refractivity contribution in [2.24, 2.45) is 0 Å². The van der Waals surface area contributed by atoms with E-state index in [4.69, 9.17) is 4.74 Å². The highest BCUT2D eigenvalue weighted by atomic mass is 16.5. The minimum Gasteiger partial charge on any atom is -0.496 e. The first-order valence-electron chi connectivity index (χ1n) is 7.44. The molecular formula is C19H18N2O2. The molecule has 0 amide bonds. The molecule has 0 N–H and O–H groups in total. The molecule has 1 heterocycles. The molecule has 4 heteroatoms. The van der Waals surface area contributed by atoms with Crippen LogP contribution in [0.5, 0.6) is 5.75 Å². The van der Waals surface area contributed by atoms with Crippen molar-refractivity contribution in [3.8, 4) is 17.0 Å². The van der Waals surface area contributed by atoms with Crippen molar-refractivity contribution in [3.05, 3.63) is 82.1 Å². The lowest BCUT2D eigenvalue weighted by Gasteiger charge is -2.11. The second-order valence-electron chi connectivity index (χ2n) is 5.40. The van der Waals surface area contributed by atoms with E-state index < -0.39 is 0 Å². The van der Waals surface area contributed by atoms with Crippen LogP contribution in [0.3, 0.4) is 0 Å². The summed E-state index contributed by atoms with van der Waals surface area (Å²) in [4.78, 5) is 12.2. The summed E-state index contributed by atoms with van der Waals surface area (Å²) in [6.45, 7) is 2.39.